The second-order valence-electron chi connectivity index (χ2n) is 4.50. The van der Waals surface area contributed by atoms with Crippen LogP contribution < -0.4 is 0 Å². The molecule has 0 heterocycles. The van der Waals surface area contributed by atoms with Gasteiger partial charge in [-0.2, -0.15) is 0 Å². The molecule has 2 rings (SSSR count). The van der Waals surface area contributed by atoms with Gasteiger partial charge in [0.15, 0.2) is 5.55 Å². The SMILES string of the molecule is CCCCP(=O)(Sc1ccccc1)Sc1ccccc1. The van der Waals surface area contributed by atoms with Crippen LogP contribution in [0.2, 0.25) is 0 Å². The zero-order valence-corrected chi connectivity index (χ0v) is 14.1. The van der Waals surface area contributed by atoms with Crippen molar-refractivity contribution in [2.45, 2.75) is 29.6 Å². The predicted octanol–water partition coefficient (Wildman–Crippen LogP) is 6.56. The molecule has 0 aliphatic heterocycles. The Morgan fingerprint density at radius 2 is 1.30 bits per heavy atom. The maximum atomic E-state index is 13.2. The number of benzene rings is 2. The summed E-state index contributed by atoms with van der Waals surface area (Å²) in [6, 6.07) is 20.1. The average Bonchev–Trinajstić information content (AvgIpc) is 2.47. The van der Waals surface area contributed by atoms with Gasteiger partial charge in [-0.25, -0.2) is 0 Å². The molecule has 0 saturated carbocycles. The fourth-order valence-corrected chi connectivity index (χ4v) is 9.85. The minimum Gasteiger partial charge on any atom is -0.300 e. The summed E-state index contributed by atoms with van der Waals surface area (Å²) >= 11 is 3.09. The molecule has 0 unspecified atom stereocenters. The Bertz CT molecular complexity index is 512. The van der Waals surface area contributed by atoms with Gasteiger partial charge in [0, 0.05) is 16.0 Å². The lowest BCUT2D eigenvalue weighted by molar-refractivity contribution is 0.592. The van der Waals surface area contributed by atoms with Crippen molar-refractivity contribution in [3.8, 4) is 0 Å². The zero-order chi connectivity index (χ0) is 14.3. The van der Waals surface area contributed by atoms with Crippen LogP contribution >= 0.6 is 28.3 Å². The second kappa shape index (κ2) is 7.97. The minimum absolute atomic E-state index is 0.780. The molecular formula is C16H19OPS2. The highest BCUT2D eigenvalue weighted by Gasteiger charge is 2.24. The third-order valence-corrected chi connectivity index (χ3v) is 10.5. The van der Waals surface area contributed by atoms with Crippen molar-refractivity contribution in [1.82, 2.24) is 0 Å². The zero-order valence-electron chi connectivity index (χ0n) is 11.6. The van der Waals surface area contributed by atoms with Crippen LogP contribution in [-0.2, 0) is 4.57 Å². The molecule has 0 bridgehead atoms. The van der Waals surface area contributed by atoms with Crippen molar-refractivity contribution in [2.24, 2.45) is 0 Å². The van der Waals surface area contributed by atoms with Gasteiger partial charge in [-0.3, -0.25) is 4.57 Å². The third-order valence-electron chi connectivity index (χ3n) is 2.76. The van der Waals surface area contributed by atoms with Gasteiger partial charge in [0.25, 0.3) is 0 Å². The van der Waals surface area contributed by atoms with Crippen LogP contribution in [0.4, 0.5) is 0 Å². The van der Waals surface area contributed by atoms with E-state index >= 15 is 0 Å². The Kier molecular flexibility index (Phi) is 6.28. The quantitative estimate of drug-likeness (QED) is 0.537. The lowest BCUT2D eigenvalue weighted by Gasteiger charge is -2.16. The van der Waals surface area contributed by atoms with E-state index in [2.05, 4.69) is 6.92 Å². The van der Waals surface area contributed by atoms with E-state index in [1.165, 1.54) is 0 Å². The van der Waals surface area contributed by atoms with E-state index in [0.717, 1.165) is 28.8 Å². The molecule has 2 aromatic rings. The number of rotatable bonds is 7. The predicted molar refractivity (Wildman–Crippen MR) is 92.0 cm³/mol. The van der Waals surface area contributed by atoms with Gasteiger partial charge in [0.05, 0.1) is 0 Å². The number of hydrogen-bond donors (Lipinski definition) is 0. The molecule has 0 spiro atoms. The summed E-state index contributed by atoms with van der Waals surface area (Å²) in [6.07, 6.45) is 2.87. The van der Waals surface area contributed by atoms with E-state index < -0.39 is 5.55 Å². The Morgan fingerprint density at radius 3 is 1.70 bits per heavy atom. The van der Waals surface area contributed by atoms with Gasteiger partial charge >= 0.3 is 0 Å². The van der Waals surface area contributed by atoms with E-state index in [1.54, 1.807) is 22.8 Å². The molecule has 20 heavy (non-hydrogen) atoms. The van der Waals surface area contributed by atoms with Crippen LogP contribution in [0, 0.1) is 0 Å². The van der Waals surface area contributed by atoms with E-state index in [1.807, 2.05) is 60.7 Å². The van der Waals surface area contributed by atoms with Gasteiger partial charge in [0.2, 0.25) is 0 Å². The summed E-state index contributed by atoms with van der Waals surface area (Å²) in [4.78, 5) is 2.19. The fraction of sp³-hybridized carbons (Fsp3) is 0.250. The normalized spacial score (nSPS) is 11.4. The first-order chi connectivity index (χ1) is 9.72. The van der Waals surface area contributed by atoms with Crippen molar-refractivity contribution >= 4 is 28.3 Å². The van der Waals surface area contributed by atoms with Gasteiger partial charge in [-0.05, 0) is 53.4 Å². The van der Waals surface area contributed by atoms with Crippen LogP contribution in [-0.4, -0.2) is 6.16 Å². The maximum Gasteiger partial charge on any atom is 0.200 e. The van der Waals surface area contributed by atoms with Crippen LogP contribution in [0.5, 0.6) is 0 Å². The lowest BCUT2D eigenvalue weighted by Crippen LogP contribution is -1.83. The molecule has 0 aliphatic rings. The highest BCUT2D eigenvalue weighted by Crippen LogP contribution is 2.73. The van der Waals surface area contributed by atoms with Crippen LogP contribution in [0.1, 0.15) is 19.8 Å². The van der Waals surface area contributed by atoms with E-state index in [9.17, 15) is 4.57 Å². The Balaban J connectivity index is 2.15. The largest absolute Gasteiger partial charge is 0.300 e. The molecule has 0 fully saturated rings. The molecule has 0 amide bonds. The summed E-state index contributed by atoms with van der Waals surface area (Å²) in [5.41, 5.74) is -2.35. The van der Waals surface area contributed by atoms with E-state index in [4.69, 9.17) is 0 Å². The summed E-state index contributed by atoms with van der Waals surface area (Å²) in [5.74, 6) is 0. The van der Waals surface area contributed by atoms with Crippen LogP contribution in [0.25, 0.3) is 0 Å². The minimum atomic E-state index is -2.35. The van der Waals surface area contributed by atoms with Gasteiger partial charge < -0.3 is 0 Å². The molecule has 0 aromatic heterocycles. The maximum absolute atomic E-state index is 13.2. The Hall–Kier alpha value is -0.630. The molecule has 2 aromatic carbocycles. The van der Waals surface area contributed by atoms with E-state index in [0.29, 0.717) is 0 Å². The van der Waals surface area contributed by atoms with Crippen molar-refractivity contribution in [3.63, 3.8) is 0 Å². The Morgan fingerprint density at radius 1 is 0.850 bits per heavy atom. The summed E-state index contributed by atoms with van der Waals surface area (Å²) in [5, 5.41) is 0. The first-order valence-electron chi connectivity index (χ1n) is 6.80. The van der Waals surface area contributed by atoms with E-state index in [-0.39, 0.29) is 0 Å². The van der Waals surface area contributed by atoms with Gasteiger partial charge in [-0.1, -0.05) is 49.7 Å². The van der Waals surface area contributed by atoms with Crippen LogP contribution in [0.3, 0.4) is 0 Å². The summed E-state index contributed by atoms with van der Waals surface area (Å²) < 4.78 is 13.2. The van der Waals surface area contributed by atoms with Gasteiger partial charge in [-0.15, -0.1) is 0 Å². The van der Waals surface area contributed by atoms with Crippen LogP contribution in [0.15, 0.2) is 70.5 Å². The molecular weight excluding hydrogens is 303 g/mol. The molecule has 0 atom stereocenters. The Labute approximate surface area is 129 Å². The van der Waals surface area contributed by atoms with Crippen molar-refractivity contribution in [1.29, 1.82) is 0 Å². The molecule has 4 heteroatoms. The monoisotopic (exact) mass is 322 g/mol. The average molecular weight is 322 g/mol. The first kappa shape index (κ1) is 15.8. The highest BCUT2D eigenvalue weighted by atomic mass is 33.1. The first-order valence-corrected chi connectivity index (χ1v) is 11.5. The molecule has 106 valence electrons. The third kappa shape index (κ3) is 5.05. The second-order valence-corrected chi connectivity index (χ2v) is 12.8. The van der Waals surface area contributed by atoms with Gasteiger partial charge in [0.1, 0.15) is 0 Å². The van der Waals surface area contributed by atoms with Crippen molar-refractivity contribution in [3.05, 3.63) is 60.7 Å². The molecule has 1 nitrogen and oxygen atoms in total. The standard InChI is InChI=1S/C16H19OPS2/c1-2-3-14-18(17,19-15-10-6-4-7-11-15)20-16-12-8-5-9-13-16/h4-13H,2-3,14H2,1H3. The topological polar surface area (TPSA) is 17.1 Å². The van der Waals surface area contributed by atoms with Crippen molar-refractivity contribution < 1.29 is 4.57 Å². The molecule has 0 N–H and O–H groups in total. The highest BCUT2D eigenvalue weighted by molar-refractivity contribution is 8.90. The molecule has 0 saturated heterocycles. The summed E-state index contributed by atoms with van der Waals surface area (Å²) in [7, 11) is 0. The number of hydrogen-bond acceptors (Lipinski definition) is 3. The molecule has 0 aliphatic carbocycles. The number of unbranched alkanes of at least 4 members (excludes halogenated alkanes) is 1. The lowest BCUT2D eigenvalue weighted by atomic mass is 10.4. The molecule has 0 radical (unpaired) electrons. The van der Waals surface area contributed by atoms with Crippen molar-refractivity contribution in [2.75, 3.05) is 6.16 Å². The fourth-order valence-electron chi connectivity index (χ4n) is 1.75. The smallest absolute Gasteiger partial charge is 0.200 e. The summed E-state index contributed by atoms with van der Waals surface area (Å²) in [6.45, 7) is 2.14.